The fraction of sp³-hybridized carbons (Fsp3) is 0.250. The molecule has 5 nitrogen and oxygen atoms in total. The molecule has 6 heteroatoms. The number of nitrogens with zero attached hydrogens (tertiary/aromatic N) is 3. The predicted molar refractivity (Wildman–Crippen MR) is 143 cm³/mol. The number of ether oxygens (including phenoxy) is 2. The highest BCUT2D eigenvalue weighted by molar-refractivity contribution is 9.10. The number of para-hydroxylation sites is 2. The lowest BCUT2D eigenvalue weighted by atomic mass is 9.96. The average Bonchev–Trinajstić information content (AvgIpc) is 2.87. The topological polar surface area (TPSA) is 37.8 Å². The van der Waals surface area contributed by atoms with Gasteiger partial charge in [0.05, 0.1) is 31.5 Å². The van der Waals surface area contributed by atoms with Gasteiger partial charge in [-0.25, -0.2) is 4.98 Å². The molecule has 4 rings (SSSR count). The molecule has 1 atom stereocenters. The van der Waals surface area contributed by atoms with Gasteiger partial charge < -0.3 is 14.4 Å². The fourth-order valence-corrected chi connectivity index (χ4v) is 4.69. The Labute approximate surface area is 210 Å². The minimum Gasteiger partial charge on any atom is -0.495 e. The maximum absolute atomic E-state index is 5.79. The van der Waals surface area contributed by atoms with Gasteiger partial charge in [-0.05, 0) is 49.0 Å². The summed E-state index contributed by atoms with van der Waals surface area (Å²) in [6.07, 6.45) is 0. The minimum absolute atomic E-state index is 0.0156. The van der Waals surface area contributed by atoms with E-state index in [2.05, 4.69) is 82.3 Å². The molecule has 1 heterocycles. The Balaban J connectivity index is 1.68. The third-order valence-corrected chi connectivity index (χ3v) is 6.59. The highest BCUT2D eigenvalue weighted by Gasteiger charge is 2.25. The molecule has 3 aromatic carbocycles. The molecule has 176 valence electrons. The molecule has 0 bridgehead atoms. The van der Waals surface area contributed by atoms with Gasteiger partial charge in [-0.3, -0.25) is 4.90 Å². The predicted octanol–water partition coefficient (Wildman–Crippen LogP) is 6.17. The summed E-state index contributed by atoms with van der Waals surface area (Å²) in [5.41, 5.74) is 4.22. The molecule has 0 radical (unpaired) electrons. The molecule has 0 aliphatic rings. The van der Waals surface area contributed by atoms with Crippen LogP contribution in [-0.4, -0.2) is 51.3 Å². The number of aromatic nitrogens is 1. The van der Waals surface area contributed by atoms with Crippen LogP contribution in [0.5, 0.6) is 11.6 Å². The molecule has 0 aliphatic heterocycles. The van der Waals surface area contributed by atoms with E-state index in [0.717, 1.165) is 45.5 Å². The number of benzene rings is 3. The highest BCUT2D eigenvalue weighted by Crippen LogP contribution is 2.36. The zero-order valence-electron chi connectivity index (χ0n) is 20.0. The van der Waals surface area contributed by atoms with Gasteiger partial charge in [-0.15, -0.1) is 0 Å². The Kier molecular flexibility index (Phi) is 7.70. The van der Waals surface area contributed by atoms with Gasteiger partial charge in [-0.2, -0.15) is 0 Å². The first-order valence-electron chi connectivity index (χ1n) is 11.3. The summed E-state index contributed by atoms with van der Waals surface area (Å²) >= 11 is 3.59. The summed E-state index contributed by atoms with van der Waals surface area (Å²) in [7, 11) is 7.65. The molecule has 0 fully saturated rings. The van der Waals surface area contributed by atoms with E-state index in [1.807, 2.05) is 36.4 Å². The van der Waals surface area contributed by atoms with Crippen LogP contribution in [0.2, 0.25) is 0 Å². The van der Waals surface area contributed by atoms with Gasteiger partial charge in [-0.1, -0.05) is 58.4 Å². The standard InChI is InChI=1S/C28H30BrN3O2/c1-31(25-12-8-9-13-26(25)33-3)16-17-32(2)27(20-10-6-5-7-11-20)23-19-21-18-22(29)14-15-24(21)30-28(23)34-4/h5-15,18-19,27H,16-17H2,1-4H3. The molecule has 4 aromatic rings. The maximum Gasteiger partial charge on any atom is 0.218 e. The first-order valence-corrected chi connectivity index (χ1v) is 12.0. The third kappa shape index (κ3) is 5.18. The number of halogens is 1. The largest absolute Gasteiger partial charge is 0.495 e. The van der Waals surface area contributed by atoms with Crippen LogP contribution in [0.1, 0.15) is 17.2 Å². The Morgan fingerprint density at radius 3 is 2.32 bits per heavy atom. The van der Waals surface area contributed by atoms with Crippen molar-refractivity contribution in [2.24, 2.45) is 0 Å². The van der Waals surface area contributed by atoms with Crippen LogP contribution in [-0.2, 0) is 0 Å². The van der Waals surface area contributed by atoms with Crippen LogP contribution in [0.15, 0.2) is 83.3 Å². The van der Waals surface area contributed by atoms with E-state index in [4.69, 9.17) is 14.5 Å². The average molecular weight is 520 g/mol. The second kappa shape index (κ2) is 10.9. The number of pyridine rings is 1. The first kappa shape index (κ1) is 24.0. The lowest BCUT2D eigenvalue weighted by Gasteiger charge is -2.32. The molecular formula is C28H30BrN3O2. The molecule has 0 N–H and O–H groups in total. The summed E-state index contributed by atoms with van der Waals surface area (Å²) in [5.74, 6) is 1.52. The summed E-state index contributed by atoms with van der Waals surface area (Å²) in [4.78, 5) is 9.41. The Morgan fingerprint density at radius 1 is 0.853 bits per heavy atom. The summed E-state index contributed by atoms with van der Waals surface area (Å²) in [6, 6.07) is 26.9. The van der Waals surface area contributed by atoms with Crippen molar-refractivity contribution >= 4 is 32.5 Å². The zero-order chi connectivity index (χ0) is 24.1. The van der Waals surface area contributed by atoms with Crippen molar-refractivity contribution in [2.45, 2.75) is 6.04 Å². The van der Waals surface area contributed by atoms with E-state index in [1.165, 1.54) is 5.56 Å². The summed E-state index contributed by atoms with van der Waals surface area (Å²) in [5, 5.41) is 1.07. The highest BCUT2D eigenvalue weighted by atomic mass is 79.9. The van der Waals surface area contributed by atoms with Crippen molar-refractivity contribution in [2.75, 3.05) is 46.3 Å². The molecule has 1 unspecified atom stereocenters. The molecule has 0 saturated heterocycles. The van der Waals surface area contributed by atoms with E-state index >= 15 is 0 Å². The number of hydrogen-bond donors (Lipinski definition) is 0. The Hall–Kier alpha value is -3.09. The van der Waals surface area contributed by atoms with Crippen LogP contribution in [0, 0.1) is 0 Å². The maximum atomic E-state index is 5.79. The van der Waals surface area contributed by atoms with Crippen LogP contribution in [0.4, 0.5) is 5.69 Å². The van der Waals surface area contributed by atoms with E-state index in [9.17, 15) is 0 Å². The molecule has 34 heavy (non-hydrogen) atoms. The quantitative estimate of drug-likeness (QED) is 0.264. The fourth-order valence-electron chi connectivity index (χ4n) is 4.31. The van der Waals surface area contributed by atoms with E-state index in [1.54, 1.807) is 14.2 Å². The van der Waals surface area contributed by atoms with Crippen molar-refractivity contribution in [3.05, 3.63) is 94.5 Å². The van der Waals surface area contributed by atoms with Gasteiger partial charge in [0.25, 0.3) is 0 Å². The van der Waals surface area contributed by atoms with Gasteiger partial charge in [0.15, 0.2) is 0 Å². The number of likely N-dealkylation sites (N-methyl/N-ethyl adjacent to an activating group) is 2. The van der Waals surface area contributed by atoms with E-state index in [0.29, 0.717) is 5.88 Å². The lowest BCUT2D eigenvalue weighted by molar-refractivity contribution is 0.276. The van der Waals surface area contributed by atoms with Crippen LogP contribution >= 0.6 is 15.9 Å². The number of anilines is 1. The van der Waals surface area contributed by atoms with Crippen molar-refractivity contribution < 1.29 is 9.47 Å². The van der Waals surface area contributed by atoms with Crippen LogP contribution in [0.3, 0.4) is 0 Å². The summed E-state index contributed by atoms with van der Waals surface area (Å²) < 4.78 is 12.4. The van der Waals surface area contributed by atoms with Gasteiger partial charge >= 0.3 is 0 Å². The second-order valence-corrected chi connectivity index (χ2v) is 9.23. The van der Waals surface area contributed by atoms with Gasteiger partial charge in [0.1, 0.15) is 5.75 Å². The molecule has 1 aromatic heterocycles. The van der Waals surface area contributed by atoms with Crippen LogP contribution in [0.25, 0.3) is 10.9 Å². The number of methoxy groups -OCH3 is 2. The van der Waals surface area contributed by atoms with Gasteiger partial charge in [0.2, 0.25) is 5.88 Å². The summed E-state index contributed by atoms with van der Waals surface area (Å²) in [6.45, 7) is 1.66. The SMILES string of the molecule is COc1ccccc1N(C)CCN(C)C(c1ccccc1)c1cc2cc(Br)ccc2nc1OC. The van der Waals surface area contributed by atoms with E-state index < -0.39 is 0 Å². The lowest BCUT2D eigenvalue weighted by Crippen LogP contribution is -2.34. The molecule has 0 amide bonds. The zero-order valence-corrected chi connectivity index (χ0v) is 21.6. The first-order chi connectivity index (χ1) is 16.5. The van der Waals surface area contributed by atoms with E-state index in [-0.39, 0.29) is 6.04 Å². The molecule has 0 spiro atoms. The number of rotatable bonds is 9. The number of hydrogen-bond acceptors (Lipinski definition) is 5. The molecule has 0 saturated carbocycles. The van der Waals surface area contributed by atoms with Crippen molar-refractivity contribution in [1.29, 1.82) is 0 Å². The number of fused-ring (bicyclic) bond motifs is 1. The van der Waals surface area contributed by atoms with Crippen molar-refractivity contribution in [3.8, 4) is 11.6 Å². The second-order valence-electron chi connectivity index (χ2n) is 8.31. The van der Waals surface area contributed by atoms with Crippen LogP contribution < -0.4 is 14.4 Å². The Bertz CT molecular complexity index is 1250. The third-order valence-electron chi connectivity index (χ3n) is 6.10. The molecular weight excluding hydrogens is 490 g/mol. The van der Waals surface area contributed by atoms with Crippen molar-refractivity contribution in [3.63, 3.8) is 0 Å². The molecule has 0 aliphatic carbocycles. The van der Waals surface area contributed by atoms with Crippen molar-refractivity contribution in [1.82, 2.24) is 9.88 Å². The Morgan fingerprint density at radius 2 is 1.59 bits per heavy atom. The minimum atomic E-state index is -0.0156. The normalized spacial score (nSPS) is 12.1. The van der Waals surface area contributed by atoms with Gasteiger partial charge in [0, 0.05) is 35.6 Å². The smallest absolute Gasteiger partial charge is 0.218 e. The monoisotopic (exact) mass is 519 g/mol.